The van der Waals surface area contributed by atoms with E-state index in [1.165, 1.54) is 0 Å². The molecule has 0 fully saturated rings. The Kier molecular flexibility index (Phi) is 4.59. The van der Waals surface area contributed by atoms with E-state index in [1.807, 2.05) is 12.1 Å². The van der Waals surface area contributed by atoms with Crippen molar-refractivity contribution in [1.29, 1.82) is 0 Å². The standard InChI is InChI=1S/C12H12BrClN2OS/c1-3-9(13)12-16-15-11(18-12)8-5-4-7(14)6-10(8)17-2/h4-6,9H,3H2,1-2H3. The van der Waals surface area contributed by atoms with Gasteiger partial charge < -0.3 is 4.74 Å². The lowest BCUT2D eigenvalue weighted by Crippen LogP contribution is -1.87. The number of nitrogens with zero attached hydrogens (tertiary/aromatic N) is 2. The number of hydrogen-bond acceptors (Lipinski definition) is 4. The van der Waals surface area contributed by atoms with Gasteiger partial charge in [0.25, 0.3) is 0 Å². The summed E-state index contributed by atoms with van der Waals surface area (Å²) in [6.07, 6.45) is 0.979. The number of hydrogen-bond donors (Lipinski definition) is 0. The lowest BCUT2D eigenvalue weighted by Gasteiger charge is -2.05. The lowest BCUT2D eigenvalue weighted by molar-refractivity contribution is 0.416. The predicted octanol–water partition coefficient (Wildman–Crippen LogP) is 4.71. The molecular weight excluding hydrogens is 336 g/mol. The maximum absolute atomic E-state index is 5.94. The molecule has 0 N–H and O–H groups in total. The number of methoxy groups -OCH3 is 1. The van der Waals surface area contributed by atoms with E-state index < -0.39 is 0 Å². The van der Waals surface area contributed by atoms with Crippen LogP contribution in [0, 0.1) is 0 Å². The molecular formula is C12H12BrClN2OS. The van der Waals surface area contributed by atoms with Gasteiger partial charge in [-0.15, -0.1) is 10.2 Å². The van der Waals surface area contributed by atoms with Crippen molar-refractivity contribution in [2.75, 3.05) is 7.11 Å². The molecule has 0 aliphatic rings. The van der Waals surface area contributed by atoms with Crippen molar-refractivity contribution in [3.05, 3.63) is 28.2 Å². The van der Waals surface area contributed by atoms with E-state index in [9.17, 15) is 0 Å². The fourth-order valence-electron chi connectivity index (χ4n) is 1.49. The molecule has 1 aromatic heterocycles. The highest BCUT2D eigenvalue weighted by molar-refractivity contribution is 9.09. The molecule has 2 aromatic rings. The molecule has 0 saturated heterocycles. The van der Waals surface area contributed by atoms with Crippen molar-refractivity contribution >= 4 is 38.9 Å². The van der Waals surface area contributed by atoms with E-state index in [0.717, 1.165) is 22.0 Å². The minimum absolute atomic E-state index is 0.252. The van der Waals surface area contributed by atoms with Crippen molar-refractivity contribution in [2.24, 2.45) is 0 Å². The Balaban J connectivity index is 2.39. The van der Waals surface area contributed by atoms with Gasteiger partial charge in [-0.05, 0) is 24.6 Å². The molecule has 0 aliphatic heterocycles. The van der Waals surface area contributed by atoms with Crippen LogP contribution >= 0.6 is 38.9 Å². The van der Waals surface area contributed by atoms with Gasteiger partial charge in [-0.3, -0.25) is 0 Å². The summed E-state index contributed by atoms with van der Waals surface area (Å²) in [6, 6.07) is 5.51. The van der Waals surface area contributed by atoms with E-state index in [2.05, 4.69) is 33.1 Å². The summed E-state index contributed by atoms with van der Waals surface area (Å²) in [5.74, 6) is 0.716. The number of benzene rings is 1. The topological polar surface area (TPSA) is 35.0 Å². The van der Waals surface area contributed by atoms with Gasteiger partial charge in [-0.1, -0.05) is 45.8 Å². The van der Waals surface area contributed by atoms with Gasteiger partial charge in [-0.25, -0.2) is 0 Å². The van der Waals surface area contributed by atoms with Gasteiger partial charge in [0.05, 0.1) is 17.5 Å². The smallest absolute Gasteiger partial charge is 0.151 e. The normalized spacial score (nSPS) is 12.4. The van der Waals surface area contributed by atoms with E-state index >= 15 is 0 Å². The zero-order chi connectivity index (χ0) is 13.1. The second kappa shape index (κ2) is 5.99. The maximum Gasteiger partial charge on any atom is 0.151 e. The van der Waals surface area contributed by atoms with Crippen LogP contribution in [0.4, 0.5) is 0 Å². The molecule has 0 amide bonds. The summed E-state index contributed by atoms with van der Waals surface area (Å²) < 4.78 is 5.32. The highest BCUT2D eigenvalue weighted by atomic mass is 79.9. The van der Waals surface area contributed by atoms with Crippen LogP contribution in [-0.4, -0.2) is 17.3 Å². The molecule has 0 saturated carbocycles. The fraction of sp³-hybridized carbons (Fsp3) is 0.333. The van der Waals surface area contributed by atoms with Crippen LogP contribution in [0.15, 0.2) is 18.2 Å². The first-order chi connectivity index (χ1) is 8.65. The minimum Gasteiger partial charge on any atom is -0.496 e. The van der Waals surface area contributed by atoms with E-state index in [4.69, 9.17) is 16.3 Å². The molecule has 0 spiro atoms. The number of alkyl halides is 1. The highest BCUT2D eigenvalue weighted by Crippen LogP contribution is 2.37. The Labute approximate surface area is 123 Å². The summed E-state index contributed by atoms with van der Waals surface area (Å²) in [7, 11) is 1.62. The molecule has 96 valence electrons. The molecule has 0 radical (unpaired) electrons. The van der Waals surface area contributed by atoms with Crippen LogP contribution in [0.5, 0.6) is 5.75 Å². The molecule has 0 bridgehead atoms. The van der Waals surface area contributed by atoms with E-state index in [-0.39, 0.29) is 4.83 Å². The Morgan fingerprint density at radius 1 is 1.44 bits per heavy atom. The van der Waals surface area contributed by atoms with Crippen molar-refractivity contribution in [1.82, 2.24) is 10.2 Å². The van der Waals surface area contributed by atoms with Gasteiger partial charge in [0.1, 0.15) is 10.8 Å². The van der Waals surface area contributed by atoms with Crippen LogP contribution < -0.4 is 4.74 Å². The van der Waals surface area contributed by atoms with Gasteiger partial charge in [0.15, 0.2) is 5.01 Å². The Bertz CT molecular complexity index is 547. The van der Waals surface area contributed by atoms with Crippen LogP contribution in [0.2, 0.25) is 5.02 Å². The van der Waals surface area contributed by atoms with Crippen molar-refractivity contribution < 1.29 is 4.74 Å². The fourth-order valence-corrected chi connectivity index (χ4v) is 2.95. The second-order valence-electron chi connectivity index (χ2n) is 3.67. The molecule has 1 unspecified atom stereocenters. The molecule has 3 nitrogen and oxygen atoms in total. The summed E-state index contributed by atoms with van der Waals surface area (Å²) in [4.78, 5) is 0.252. The monoisotopic (exact) mass is 346 g/mol. The van der Waals surface area contributed by atoms with Crippen LogP contribution in [0.1, 0.15) is 23.2 Å². The van der Waals surface area contributed by atoms with Gasteiger partial charge >= 0.3 is 0 Å². The molecule has 2 rings (SSSR count). The van der Waals surface area contributed by atoms with Gasteiger partial charge in [-0.2, -0.15) is 0 Å². The first kappa shape index (κ1) is 13.8. The average Bonchev–Trinajstić information content (AvgIpc) is 2.87. The quantitative estimate of drug-likeness (QED) is 0.751. The lowest BCUT2D eigenvalue weighted by atomic mass is 10.2. The zero-order valence-electron chi connectivity index (χ0n) is 9.98. The number of ether oxygens (including phenoxy) is 1. The summed E-state index contributed by atoms with van der Waals surface area (Å²) in [5.41, 5.74) is 0.918. The second-order valence-corrected chi connectivity index (χ2v) is 6.22. The Hall–Kier alpha value is -0.650. The molecule has 1 heterocycles. The third kappa shape index (κ3) is 2.84. The maximum atomic E-state index is 5.94. The van der Waals surface area contributed by atoms with Crippen molar-refractivity contribution in [2.45, 2.75) is 18.2 Å². The average molecular weight is 348 g/mol. The number of aromatic nitrogens is 2. The van der Waals surface area contributed by atoms with Crippen LogP contribution in [0.3, 0.4) is 0 Å². The largest absolute Gasteiger partial charge is 0.496 e. The van der Waals surface area contributed by atoms with Crippen molar-refractivity contribution in [3.63, 3.8) is 0 Å². The Morgan fingerprint density at radius 2 is 2.22 bits per heavy atom. The number of halogens is 2. The summed E-state index contributed by atoms with van der Waals surface area (Å²) >= 11 is 11.1. The molecule has 6 heteroatoms. The third-order valence-corrected chi connectivity index (χ3v) is 5.15. The first-order valence-corrected chi connectivity index (χ1v) is 7.58. The zero-order valence-corrected chi connectivity index (χ0v) is 13.1. The number of rotatable bonds is 4. The van der Waals surface area contributed by atoms with Crippen molar-refractivity contribution in [3.8, 4) is 16.3 Å². The molecule has 18 heavy (non-hydrogen) atoms. The van der Waals surface area contributed by atoms with Gasteiger partial charge in [0, 0.05) is 5.02 Å². The van der Waals surface area contributed by atoms with Gasteiger partial charge in [0.2, 0.25) is 0 Å². The summed E-state index contributed by atoms with van der Waals surface area (Å²) in [5, 5.41) is 10.9. The SMILES string of the molecule is CCC(Br)c1nnc(-c2ccc(Cl)cc2OC)s1. The third-order valence-electron chi connectivity index (χ3n) is 2.46. The minimum atomic E-state index is 0.252. The first-order valence-electron chi connectivity index (χ1n) is 5.47. The highest BCUT2D eigenvalue weighted by Gasteiger charge is 2.15. The van der Waals surface area contributed by atoms with Crippen LogP contribution in [0.25, 0.3) is 10.6 Å². The molecule has 1 aromatic carbocycles. The van der Waals surface area contributed by atoms with Crippen LogP contribution in [-0.2, 0) is 0 Å². The summed E-state index contributed by atoms with van der Waals surface area (Å²) in [6.45, 7) is 2.10. The predicted molar refractivity (Wildman–Crippen MR) is 78.9 cm³/mol. The van der Waals surface area contributed by atoms with E-state index in [1.54, 1.807) is 24.5 Å². The molecule has 1 atom stereocenters. The molecule has 0 aliphatic carbocycles. The van der Waals surface area contributed by atoms with E-state index in [0.29, 0.717) is 10.8 Å². The Morgan fingerprint density at radius 3 is 2.89 bits per heavy atom.